The first-order chi connectivity index (χ1) is 12.0. The molecule has 1 fully saturated rings. The number of hydrogen-bond acceptors (Lipinski definition) is 7. The standard InChI is InChI=1S/C15H16N6O4/c22-14-12(7-11(8-16-14)21(24)25)15(23)18-10-3-2-6-20(9-10)13-4-1-5-17-19-13/h1,4-5,7-8,10H,2-3,6,9H2,(H,16,22)(H,18,23). The Labute approximate surface area is 142 Å². The van der Waals surface area contributed by atoms with Crippen LogP contribution in [0.25, 0.3) is 0 Å². The minimum absolute atomic E-state index is 0.193. The monoisotopic (exact) mass is 344 g/mol. The second-order valence-corrected chi connectivity index (χ2v) is 5.70. The van der Waals surface area contributed by atoms with Crippen molar-refractivity contribution in [2.24, 2.45) is 0 Å². The molecule has 1 saturated heterocycles. The van der Waals surface area contributed by atoms with Gasteiger partial charge in [0.05, 0.1) is 11.1 Å². The van der Waals surface area contributed by atoms with E-state index in [1.807, 2.05) is 11.0 Å². The number of H-pyrrole nitrogens is 1. The van der Waals surface area contributed by atoms with Crippen molar-refractivity contribution in [3.05, 3.63) is 56.6 Å². The molecule has 2 aromatic rings. The van der Waals surface area contributed by atoms with E-state index in [0.717, 1.165) is 37.5 Å². The molecular weight excluding hydrogens is 328 g/mol. The number of rotatable bonds is 4. The van der Waals surface area contributed by atoms with E-state index in [9.17, 15) is 19.7 Å². The van der Waals surface area contributed by atoms with Gasteiger partial charge in [0.2, 0.25) is 0 Å². The van der Waals surface area contributed by atoms with Gasteiger partial charge in [-0.05, 0) is 25.0 Å². The van der Waals surface area contributed by atoms with Crippen LogP contribution < -0.4 is 15.8 Å². The summed E-state index contributed by atoms with van der Waals surface area (Å²) in [6.07, 6.45) is 4.14. The second-order valence-electron chi connectivity index (χ2n) is 5.70. The predicted molar refractivity (Wildman–Crippen MR) is 88.5 cm³/mol. The maximum absolute atomic E-state index is 12.4. The Morgan fingerprint density at radius 1 is 1.48 bits per heavy atom. The van der Waals surface area contributed by atoms with Crippen molar-refractivity contribution < 1.29 is 9.72 Å². The summed E-state index contributed by atoms with van der Waals surface area (Å²) in [5, 5.41) is 21.5. The number of aromatic amines is 1. The molecule has 25 heavy (non-hydrogen) atoms. The van der Waals surface area contributed by atoms with Crippen LogP contribution in [-0.2, 0) is 0 Å². The molecule has 2 N–H and O–H groups in total. The molecule has 3 heterocycles. The first-order valence-electron chi connectivity index (χ1n) is 7.75. The normalized spacial score (nSPS) is 17.1. The third kappa shape index (κ3) is 3.79. The molecule has 1 amide bonds. The van der Waals surface area contributed by atoms with Crippen molar-refractivity contribution >= 4 is 17.4 Å². The van der Waals surface area contributed by atoms with Crippen LogP contribution in [0.15, 0.2) is 35.4 Å². The number of nitrogens with zero attached hydrogens (tertiary/aromatic N) is 4. The lowest BCUT2D eigenvalue weighted by Gasteiger charge is -2.33. The minimum atomic E-state index is -0.664. The fourth-order valence-electron chi connectivity index (χ4n) is 2.77. The smallest absolute Gasteiger partial charge is 0.286 e. The molecule has 1 unspecified atom stereocenters. The molecule has 2 aromatic heterocycles. The summed E-state index contributed by atoms with van der Waals surface area (Å²) in [7, 11) is 0. The second kappa shape index (κ2) is 7.07. The number of nitro groups is 1. The number of amides is 1. The van der Waals surface area contributed by atoms with Gasteiger partial charge in [0, 0.05) is 31.4 Å². The van der Waals surface area contributed by atoms with E-state index < -0.39 is 16.4 Å². The van der Waals surface area contributed by atoms with Gasteiger partial charge >= 0.3 is 0 Å². The Bertz CT molecular complexity index is 837. The van der Waals surface area contributed by atoms with E-state index in [-0.39, 0.29) is 17.3 Å². The van der Waals surface area contributed by atoms with Crippen molar-refractivity contribution in [2.75, 3.05) is 18.0 Å². The molecule has 3 rings (SSSR count). The fourth-order valence-corrected chi connectivity index (χ4v) is 2.77. The average molecular weight is 344 g/mol. The fraction of sp³-hybridized carbons (Fsp3) is 0.333. The maximum Gasteiger partial charge on any atom is 0.286 e. The third-order valence-corrected chi connectivity index (χ3v) is 3.98. The molecule has 0 saturated carbocycles. The van der Waals surface area contributed by atoms with Gasteiger partial charge in [0.1, 0.15) is 5.56 Å². The molecule has 0 aromatic carbocycles. The first-order valence-corrected chi connectivity index (χ1v) is 7.75. The summed E-state index contributed by atoms with van der Waals surface area (Å²) in [6, 6.07) is 4.41. The highest BCUT2D eigenvalue weighted by Gasteiger charge is 2.24. The Kier molecular flexibility index (Phi) is 4.68. The first kappa shape index (κ1) is 16.6. The van der Waals surface area contributed by atoms with Crippen LogP contribution in [0.3, 0.4) is 0 Å². The largest absolute Gasteiger partial charge is 0.353 e. The zero-order valence-electron chi connectivity index (χ0n) is 13.2. The van der Waals surface area contributed by atoms with Crippen LogP contribution >= 0.6 is 0 Å². The highest BCUT2D eigenvalue weighted by atomic mass is 16.6. The minimum Gasteiger partial charge on any atom is -0.353 e. The number of aromatic nitrogens is 3. The van der Waals surface area contributed by atoms with Crippen molar-refractivity contribution in [3.8, 4) is 0 Å². The Hall–Kier alpha value is -3.30. The van der Waals surface area contributed by atoms with Gasteiger partial charge in [0.25, 0.3) is 17.2 Å². The summed E-state index contributed by atoms with van der Waals surface area (Å²) < 4.78 is 0. The Morgan fingerprint density at radius 3 is 3.04 bits per heavy atom. The van der Waals surface area contributed by atoms with Gasteiger partial charge in [-0.2, -0.15) is 5.10 Å². The molecule has 0 aliphatic carbocycles. The number of pyridine rings is 1. The van der Waals surface area contributed by atoms with Crippen molar-refractivity contribution in [1.82, 2.24) is 20.5 Å². The maximum atomic E-state index is 12.4. The van der Waals surface area contributed by atoms with Crippen LogP contribution in [0, 0.1) is 10.1 Å². The van der Waals surface area contributed by atoms with Crippen molar-refractivity contribution in [1.29, 1.82) is 0 Å². The molecule has 10 nitrogen and oxygen atoms in total. The number of carbonyl (C=O) groups is 1. The molecule has 1 atom stereocenters. The van der Waals surface area contributed by atoms with E-state index in [1.54, 1.807) is 12.3 Å². The zero-order chi connectivity index (χ0) is 17.8. The molecule has 10 heteroatoms. The third-order valence-electron chi connectivity index (χ3n) is 3.98. The van der Waals surface area contributed by atoms with Crippen molar-refractivity contribution in [2.45, 2.75) is 18.9 Å². The topological polar surface area (TPSA) is 134 Å². The summed E-state index contributed by atoms with van der Waals surface area (Å²) in [5.74, 6) is 0.0885. The summed E-state index contributed by atoms with van der Waals surface area (Å²) in [6.45, 7) is 1.32. The summed E-state index contributed by atoms with van der Waals surface area (Å²) >= 11 is 0. The number of carbonyl (C=O) groups excluding carboxylic acids is 1. The van der Waals surface area contributed by atoms with Crippen LogP contribution in [0.4, 0.5) is 11.5 Å². The van der Waals surface area contributed by atoms with Crippen LogP contribution in [0.2, 0.25) is 0 Å². The van der Waals surface area contributed by atoms with Gasteiger partial charge in [-0.1, -0.05) is 0 Å². The van der Waals surface area contributed by atoms with Crippen LogP contribution in [0.1, 0.15) is 23.2 Å². The van der Waals surface area contributed by atoms with Crippen LogP contribution in [0.5, 0.6) is 0 Å². The number of nitrogens with one attached hydrogen (secondary N) is 2. The number of anilines is 1. The lowest BCUT2D eigenvalue weighted by molar-refractivity contribution is -0.385. The number of hydrogen-bond donors (Lipinski definition) is 2. The lowest BCUT2D eigenvalue weighted by Crippen LogP contribution is -2.48. The highest BCUT2D eigenvalue weighted by Crippen LogP contribution is 2.17. The molecular formula is C15H16N6O4. The van der Waals surface area contributed by atoms with E-state index in [1.165, 1.54) is 0 Å². The van der Waals surface area contributed by atoms with Gasteiger partial charge in [0.15, 0.2) is 5.82 Å². The van der Waals surface area contributed by atoms with E-state index in [0.29, 0.717) is 6.54 Å². The molecule has 0 bridgehead atoms. The highest BCUT2D eigenvalue weighted by molar-refractivity contribution is 5.94. The average Bonchev–Trinajstić information content (AvgIpc) is 2.62. The van der Waals surface area contributed by atoms with Crippen molar-refractivity contribution in [3.63, 3.8) is 0 Å². The summed E-state index contributed by atoms with van der Waals surface area (Å²) in [5.41, 5.74) is -1.27. The van der Waals surface area contributed by atoms with Gasteiger partial charge < -0.3 is 15.2 Å². The summed E-state index contributed by atoms with van der Waals surface area (Å²) in [4.78, 5) is 38.5. The van der Waals surface area contributed by atoms with E-state index in [4.69, 9.17) is 0 Å². The van der Waals surface area contributed by atoms with E-state index in [2.05, 4.69) is 20.5 Å². The van der Waals surface area contributed by atoms with E-state index >= 15 is 0 Å². The molecule has 0 radical (unpaired) electrons. The molecule has 0 spiro atoms. The molecule has 1 aliphatic rings. The quantitative estimate of drug-likeness (QED) is 0.608. The zero-order valence-corrected chi connectivity index (χ0v) is 13.2. The molecule has 130 valence electrons. The van der Waals surface area contributed by atoms with Gasteiger partial charge in [-0.3, -0.25) is 19.7 Å². The number of piperidine rings is 1. The van der Waals surface area contributed by atoms with Gasteiger partial charge in [-0.15, -0.1) is 5.10 Å². The van der Waals surface area contributed by atoms with Crippen LogP contribution in [-0.4, -0.2) is 45.1 Å². The Morgan fingerprint density at radius 2 is 2.32 bits per heavy atom. The van der Waals surface area contributed by atoms with Gasteiger partial charge in [-0.25, -0.2) is 0 Å². The lowest BCUT2D eigenvalue weighted by atomic mass is 10.1. The Balaban J connectivity index is 1.72. The predicted octanol–water partition coefficient (Wildman–Crippen LogP) is 0.472. The SMILES string of the molecule is O=C(NC1CCCN(c2cccnn2)C1)c1cc([N+](=O)[O-])c[nH]c1=O. The molecule has 1 aliphatic heterocycles.